The van der Waals surface area contributed by atoms with Gasteiger partial charge in [0.05, 0.1) is 18.8 Å². The third-order valence-electron chi connectivity index (χ3n) is 4.59. The molecule has 0 aliphatic carbocycles. The number of methoxy groups -OCH3 is 1. The van der Waals surface area contributed by atoms with Gasteiger partial charge in [-0.2, -0.15) is 9.61 Å². The normalized spacial score (nSPS) is 11.2. The van der Waals surface area contributed by atoms with E-state index in [1.807, 2.05) is 36.4 Å². The minimum atomic E-state index is 0.476. The monoisotopic (exact) mass is 368 g/mol. The maximum Gasteiger partial charge on any atom is 0.271 e. The Morgan fingerprint density at radius 3 is 2.86 bits per heavy atom. The summed E-state index contributed by atoms with van der Waals surface area (Å²) in [5.74, 6) is 1.98. The highest BCUT2D eigenvalue weighted by molar-refractivity contribution is 5.79. The van der Waals surface area contributed by atoms with Gasteiger partial charge in [-0.1, -0.05) is 24.3 Å². The summed E-state index contributed by atoms with van der Waals surface area (Å²) >= 11 is 0. The van der Waals surface area contributed by atoms with Crippen molar-refractivity contribution in [1.29, 1.82) is 0 Å². The van der Waals surface area contributed by atoms with E-state index in [1.165, 1.54) is 0 Å². The van der Waals surface area contributed by atoms with Gasteiger partial charge in [0, 0.05) is 23.6 Å². The molecule has 0 saturated heterocycles. The molecule has 0 aliphatic rings. The lowest BCUT2D eigenvalue weighted by Gasteiger charge is -2.05. The molecule has 5 aromatic rings. The minimum absolute atomic E-state index is 0.476. The SMILES string of the molecule is COc1cccc(-c2cnc3nnc(Cc4ccc5ncccc5c4)n3n2)c1. The van der Waals surface area contributed by atoms with Crippen molar-refractivity contribution in [2.24, 2.45) is 0 Å². The summed E-state index contributed by atoms with van der Waals surface area (Å²) in [4.78, 5) is 8.76. The van der Waals surface area contributed by atoms with Crippen molar-refractivity contribution in [3.8, 4) is 17.0 Å². The van der Waals surface area contributed by atoms with Gasteiger partial charge in [-0.05, 0) is 35.9 Å². The molecule has 0 spiro atoms. The van der Waals surface area contributed by atoms with E-state index in [2.05, 4.69) is 38.4 Å². The van der Waals surface area contributed by atoms with Crippen molar-refractivity contribution >= 4 is 16.7 Å². The van der Waals surface area contributed by atoms with Crippen molar-refractivity contribution in [3.05, 3.63) is 78.4 Å². The van der Waals surface area contributed by atoms with Crippen molar-refractivity contribution < 1.29 is 4.74 Å². The fourth-order valence-electron chi connectivity index (χ4n) is 3.18. The summed E-state index contributed by atoms with van der Waals surface area (Å²) in [5.41, 5.74) is 3.74. The van der Waals surface area contributed by atoms with E-state index in [4.69, 9.17) is 9.84 Å². The summed E-state index contributed by atoms with van der Waals surface area (Å²) in [6.45, 7) is 0. The van der Waals surface area contributed by atoms with E-state index >= 15 is 0 Å². The van der Waals surface area contributed by atoms with Crippen LogP contribution in [0.25, 0.3) is 27.9 Å². The van der Waals surface area contributed by atoms with E-state index in [1.54, 1.807) is 24.0 Å². The molecule has 0 radical (unpaired) electrons. The zero-order valence-corrected chi connectivity index (χ0v) is 15.1. The Kier molecular flexibility index (Phi) is 3.90. The molecule has 3 heterocycles. The van der Waals surface area contributed by atoms with Crippen LogP contribution in [0.3, 0.4) is 0 Å². The van der Waals surface area contributed by atoms with Gasteiger partial charge in [-0.25, -0.2) is 4.98 Å². The number of pyridine rings is 1. The summed E-state index contributed by atoms with van der Waals surface area (Å²) in [7, 11) is 1.64. The molecular weight excluding hydrogens is 352 g/mol. The van der Waals surface area contributed by atoms with Crippen LogP contribution in [0.5, 0.6) is 5.75 Å². The summed E-state index contributed by atoms with van der Waals surface area (Å²) in [5, 5.41) is 14.2. The number of ether oxygens (including phenoxy) is 1. The Morgan fingerprint density at radius 1 is 0.964 bits per heavy atom. The molecule has 28 heavy (non-hydrogen) atoms. The van der Waals surface area contributed by atoms with Crippen LogP contribution in [-0.4, -0.2) is 36.9 Å². The second kappa shape index (κ2) is 6.70. The first kappa shape index (κ1) is 16.3. The third kappa shape index (κ3) is 2.92. The zero-order valence-electron chi connectivity index (χ0n) is 15.1. The Hall–Kier alpha value is -3.87. The molecule has 0 aliphatic heterocycles. The van der Waals surface area contributed by atoms with Gasteiger partial charge in [0.25, 0.3) is 5.78 Å². The number of rotatable bonds is 4. The van der Waals surface area contributed by atoms with Crippen molar-refractivity contribution in [2.75, 3.05) is 7.11 Å². The Bertz CT molecular complexity index is 1300. The summed E-state index contributed by atoms with van der Waals surface area (Å²) < 4.78 is 7.00. The molecule has 136 valence electrons. The molecular formula is C21H16N6O. The minimum Gasteiger partial charge on any atom is -0.497 e. The highest BCUT2D eigenvalue weighted by Crippen LogP contribution is 2.22. The molecule has 0 amide bonds. The average Bonchev–Trinajstić information content (AvgIpc) is 3.15. The zero-order chi connectivity index (χ0) is 18.9. The lowest BCUT2D eigenvalue weighted by atomic mass is 10.1. The quantitative estimate of drug-likeness (QED) is 0.484. The predicted molar refractivity (Wildman–Crippen MR) is 105 cm³/mol. The highest BCUT2D eigenvalue weighted by atomic mass is 16.5. The molecule has 7 nitrogen and oxygen atoms in total. The van der Waals surface area contributed by atoms with Gasteiger partial charge < -0.3 is 4.74 Å². The largest absolute Gasteiger partial charge is 0.497 e. The van der Waals surface area contributed by atoms with Crippen LogP contribution in [0.15, 0.2) is 67.0 Å². The summed E-state index contributed by atoms with van der Waals surface area (Å²) in [6.07, 6.45) is 4.09. The molecule has 5 rings (SSSR count). The van der Waals surface area contributed by atoms with Crippen LogP contribution in [0.2, 0.25) is 0 Å². The van der Waals surface area contributed by atoms with E-state index in [0.29, 0.717) is 12.2 Å². The predicted octanol–water partition coefficient (Wildman–Crippen LogP) is 3.33. The first-order valence-corrected chi connectivity index (χ1v) is 8.85. The molecule has 0 bridgehead atoms. The molecule has 2 aromatic carbocycles. The number of aromatic nitrogens is 6. The van der Waals surface area contributed by atoms with Gasteiger partial charge in [-0.15, -0.1) is 10.2 Å². The molecule has 3 aromatic heterocycles. The van der Waals surface area contributed by atoms with Gasteiger partial charge in [0.15, 0.2) is 5.82 Å². The van der Waals surface area contributed by atoms with Crippen LogP contribution in [0.1, 0.15) is 11.4 Å². The van der Waals surface area contributed by atoms with Crippen LogP contribution in [0.4, 0.5) is 0 Å². The molecule has 0 saturated carbocycles. The fourth-order valence-corrected chi connectivity index (χ4v) is 3.18. The van der Waals surface area contributed by atoms with E-state index in [0.717, 1.165) is 39.3 Å². The average molecular weight is 368 g/mol. The number of benzene rings is 2. The third-order valence-corrected chi connectivity index (χ3v) is 4.59. The van der Waals surface area contributed by atoms with E-state index in [-0.39, 0.29) is 0 Å². The van der Waals surface area contributed by atoms with E-state index in [9.17, 15) is 0 Å². The molecule has 7 heteroatoms. The highest BCUT2D eigenvalue weighted by Gasteiger charge is 2.11. The Morgan fingerprint density at radius 2 is 1.93 bits per heavy atom. The Labute approximate surface area is 160 Å². The number of fused-ring (bicyclic) bond motifs is 2. The molecule has 0 fully saturated rings. The van der Waals surface area contributed by atoms with Gasteiger partial charge in [0.1, 0.15) is 11.4 Å². The van der Waals surface area contributed by atoms with E-state index < -0.39 is 0 Å². The van der Waals surface area contributed by atoms with Crippen molar-refractivity contribution in [1.82, 2.24) is 29.8 Å². The standard InChI is InChI=1S/C21H16N6O/c1-28-17-6-2-4-16(12-17)19-13-23-21-25-24-20(27(21)26-19)11-14-7-8-18-15(10-14)5-3-9-22-18/h2-10,12-13H,11H2,1H3. The van der Waals surface area contributed by atoms with Gasteiger partial charge in [-0.3, -0.25) is 4.98 Å². The second-order valence-electron chi connectivity index (χ2n) is 6.41. The van der Waals surface area contributed by atoms with Crippen molar-refractivity contribution in [2.45, 2.75) is 6.42 Å². The first-order valence-electron chi connectivity index (χ1n) is 8.85. The fraction of sp³-hybridized carbons (Fsp3) is 0.0952. The smallest absolute Gasteiger partial charge is 0.271 e. The maximum atomic E-state index is 5.30. The van der Waals surface area contributed by atoms with Crippen LogP contribution < -0.4 is 4.74 Å². The lowest BCUT2D eigenvalue weighted by Crippen LogP contribution is -2.03. The number of nitrogens with zero attached hydrogens (tertiary/aromatic N) is 6. The van der Waals surface area contributed by atoms with Crippen LogP contribution >= 0.6 is 0 Å². The number of hydrogen-bond acceptors (Lipinski definition) is 6. The summed E-state index contributed by atoms with van der Waals surface area (Å²) in [6, 6.07) is 17.9. The topological polar surface area (TPSA) is 78.1 Å². The number of hydrogen-bond donors (Lipinski definition) is 0. The maximum absolute atomic E-state index is 5.30. The van der Waals surface area contributed by atoms with Crippen molar-refractivity contribution in [3.63, 3.8) is 0 Å². The molecule has 0 atom stereocenters. The van der Waals surface area contributed by atoms with Gasteiger partial charge >= 0.3 is 0 Å². The van der Waals surface area contributed by atoms with Crippen LogP contribution in [0, 0.1) is 0 Å². The lowest BCUT2D eigenvalue weighted by molar-refractivity contribution is 0.415. The first-order chi connectivity index (χ1) is 13.8. The van der Waals surface area contributed by atoms with Gasteiger partial charge in [0.2, 0.25) is 0 Å². The Balaban J connectivity index is 1.54. The second-order valence-corrected chi connectivity index (χ2v) is 6.41. The van der Waals surface area contributed by atoms with Crippen LogP contribution in [-0.2, 0) is 6.42 Å². The molecule has 0 N–H and O–H groups in total. The molecule has 0 unspecified atom stereocenters.